The minimum atomic E-state index is -0.939. The summed E-state index contributed by atoms with van der Waals surface area (Å²) in [6, 6.07) is 5.49. The number of piperidine rings is 1. The maximum absolute atomic E-state index is 12.8. The lowest BCUT2D eigenvalue weighted by molar-refractivity contribution is -0.152. The second kappa shape index (κ2) is 8.14. The molecule has 2 aliphatic rings. The molecule has 1 saturated heterocycles. The van der Waals surface area contributed by atoms with E-state index >= 15 is 0 Å². The molecule has 3 rings (SSSR count). The largest absolute Gasteiger partial charge is 0.480 e. The molecule has 2 atom stereocenters. The summed E-state index contributed by atoms with van der Waals surface area (Å²) in [4.78, 5) is 26.2. The van der Waals surface area contributed by atoms with E-state index in [0.29, 0.717) is 32.2 Å². The summed E-state index contributed by atoms with van der Waals surface area (Å²) < 4.78 is 0. The van der Waals surface area contributed by atoms with Crippen LogP contribution in [0.4, 0.5) is 0 Å². The number of aliphatic carboxylic acids is 1. The molecular weight excluding hydrogens is 354 g/mol. The van der Waals surface area contributed by atoms with Crippen LogP contribution in [0.5, 0.6) is 0 Å². The SMILES string of the molecule is C#CCCC1(CCC(=O)N2CCC(c3ccc(C)cc3C)CC2C(=O)O)N=N1. The van der Waals surface area contributed by atoms with E-state index in [0.717, 1.165) is 6.42 Å². The van der Waals surface area contributed by atoms with Crippen molar-refractivity contribution in [1.82, 2.24) is 4.90 Å². The van der Waals surface area contributed by atoms with Gasteiger partial charge >= 0.3 is 5.97 Å². The van der Waals surface area contributed by atoms with Crippen LogP contribution in [0.2, 0.25) is 0 Å². The van der Waals surface area contributed by atoms with Crippen molar-refractivity contribution in [3.63, 3.8) is 0 Å². The van der Waals surface area contributed by atoms with Crippen LogP contribution in [0.3, 0.4) is 0 Å². The first-order chi connectivity index (χ1) is 13.3. The number of rotatable bonds is 7. The van der Waals surface area contributed by atoms with Crippen LogP contribution in [0, 0.1) is 26.2 Å². The van der Waals surface area contributed by atoms with Gasteiger partial charge in [0.25, 0.3) is 0 Å². The highest BCUT2D eigenvalue weighted by atomic mass is 16.4. The summed E-state index contributed by atoms with van der Waals surface area (Å²) in [6.45, 7) is 4.57. The van der Waals surface area contributed by atoms with Crippen molar-refractivity contribution in [2.75, 3.05) is 6.54 Å². The summed E-state index contributed by atoms with van der Waals surface area (Å²) in [5, 5.41) is 17.8. The highest BCUT2D eigenvalue weighted by Gasteiger charge is 2.41. The van der Waals surface area contributed by atoms with E-state index in [4.69, 9.17) is 6.42 Å². The number of amides is 1. The van der Waals surface area contributed by atoms with Crippen LogP contribution in [-0.4, -0.2) is 40.1 Å². The Morgan fingerprint density at radius 1 is 1.32 bits per heavy atom. The Morgan fingerprint density at radius 2 is 2.07 bits per heavy atom. The average molecular weight is 381 g/mol. The number of carboxylic acid groups (broad SMARTS) is 1. The zero-order valence-corrected chi connectivity index (χ0v) is 16.5. The fourth-order valence-corrected chi connectivity index (χ4v) is 4.18. The summed E-state index contributed by atoms with van der Waals surface area (Å²) in [7, 11) is 0. The van der Waals surface area contributed by atoms with Crippen molar-refractivity contribution in [1.29, 1.82) is 0 Å². The Hall–Kier alpha value is -2.68. The summed E-state index contributed by atoms with van der Waals surface area (Å²) in [6.07, 6.45) is 8.47. The van der Waals surface area contributed by atoms with Gasteiger partial charge in [0.05, 0.1) is 0 Å². The Balaban J connectivity index is 1.64. The van der Waals surface area contributed by atoms with Crippen LogP contribution < -0.4 is 0 Å². The number of nitrogens with zero attached hydrogens (tertiary/aromatic N) is 3. The number of carbonyl (C=O) groups is 2. The number of carbonyl (C=O) groups excluding carboxylic acids is 1. The van der Waals surface area contributed by atoms with Gasteiger partial charge in [0.1, 0.15) is 6.04 Å². The zero-order chi connectivity index (χ0) is 20.3. The molecule has 2 aliphatic heterocycles. The topological polar surface area (TPSA) is 82.3 Å². The van der Waals surface area contributed by atoms with Crippen molar-refractivity contribution >= 4 is 11.9 Å². The van der Waals surface area contributed by atoms with Gasteiger partial charge in [-0.05, 0) is 43.7 Å². The van der Waals surface area contributed by atoms with Crippen molar-refractivity contribution in [3.05, 3.63) is 34.9 Å². The molecule has 1 fully saturated rings. The molecule has 6 nitrogen and oxygen atoms in total. The van der Waals surface area contributed by atoms with Crippen molar-refractivity contribution in [2.24, 2.45) is 10.2 Å². The van der Waals surface area contributed by atoms with Gasteiger partial charge in [0.15, 0.2) is 5.66 Å². The van der Waals surface area contributed by atoms with Crippen LogP contribution in [-0.2, 0) is 9.59 Å². The van der Waals surface area contributed by atoms with Gasteiger partial charge in [-0.15, -0.1) is 12.3 Å². The fraction of sp³-hybridized carbons (Fsp3) is 0.545. The van der Waals surface area contributed by atoms with E-state index < -0.39 is 17.7 Å². The van der Waals surface area contributed by atoms with Crippen LogP contribution in [0.1, 0.15) is 61.1 Å². The first-order valence-electron chi connectivity index (χ1n) is 9.82. The van der Waals surface area contributed by atoms with E-state index in [9.17, 15) is 14.7 Å². The summed E-state index contributed by atoms with van der Waals surface area (Å²) in [5.41, 5.74) is 3.05. The molecule has 148 valence electrons. The van der Waals surface area contributed by atoms with Crippen molar-refractivity contribution in [3.8, 4) is 12.3 Å². The predicted octanol–water partition coefficient (Wildman–Crippen LogP) is 3.82. The molecule has 1 aromatic rings. The molecule has 1 amide bonds. The van der Waals surface area contributed by atoms with Gasteiger partial charge < -0.3 is 10.0 Å². The van der Waals surface area contributed by atoms with Crippen molar-refractivity contribution in [2.45, 2.75) is 70.0 Å². The number of hydrogen-bond donors (Lipinski definition) is 1. The molecule has 0 bridgehead atoms. The Bertz CT molecular complexity index is 834. The molecule has 0 radical (unpaired) electrons. The average Bonchev–Trinajstić information content (AvgIpc) is 3.44. The Morgan fingerprint density at radius 3 is 2.68 bits per heavy atom. The number of aryl methyl sites for hydroxylation is 2. The van der Waals surface area contributed by atoms with E-state index in [1.54, 1.807) is 0 Å². The Labute approximate surface area is 166 Å². The molecule has 2 heterocycles. The molecule has 0 aliphatic carbocycles. The van der Waals surface area contributed by atoms with Crippen molar-refractivity contribution < 1.29 is 14.7 Å². The van der Waals surface area contributed by atoms with Gasteiger partial charge in [0, 0.05) is 32.2 Å². The van der Waals surface area contributed by atoms with Gasteiger partial charge in [-0.1, -0.05) is 23.8 Å². The molecule has 28 heavy (non-hydrogen) atoms. The normalized spacial score (nSPS) is 22.5. The smallest absolute Gasteiger partial charge is 0.326 e. The second-order valence-electron chi connectivity index (χ2n) is 7.91. The highest BCUT2D eigenvalue weighted by molar-refractivity contribution is 5.84. The minimum Gasteiger partial charge on any atom is -0.480 e. The first kappa shape index (κ1) is 20.1. The number of benzene rings is 1. The van der Waals surface area contributed by atoms with Crippen LogP contribution >= 0.6 is 0 Å². The standard InChI is InChI=1S/C22H27N3O3/c1-4-5-10-22(23-24-22)11-8-20(26)25-12-9-17(14-19(25)21(27)28)18-7-6-15(2)13-16(18)3/h1,6-7,13,17,19H,5,8-12,14H2,2-3H3,(H,27,28). The Kier molecular flexibility index (Phi) is 5.83. The van der Waals surface area contributed by atoms with Crippen LogP contribution in [0.15, 0.2) is 28.4 Å². The second-order valence-corrected chi connectivity index (χ2v) is 7.91. The van der Waals surface area contributed by atoms with E-state index in [1.165, 1.54) is 21.6 Å². The quantitative estimate of drug-likeness (QED) is 0.729. The zero-order valence-electron chi connectivity index (χ0n) is 16.5. The highest BCUT2D eigenvalue weighted by Crippen LogP contribution is 2.39. The third kappa shape index (κ3) is 4.41. The molecular formula is C22H27N3O3. The number of hydrogen-bond acceptors (Lipinski definition) is 4. The fourth-order valence-electron chi connectivity index (χ4n) is 4.18. The third-order valence-electron chi connectivity index (χ3n) is 5.86. The number of carboxylic acids is 1. The molecule has 6 heteroatoms. The van der Waals surface area contributed by atoms with Gasteiger partial charge in [-0.2, -0.15) is 10.2 Å². The van der Waals surface area contributed by atoms with Gasteiger partial charge in [-0.3, -0.25) is 4.79 Å². The molecule has 1 aromatic carbocycles. The van der Waals surface area contributed by atoms with E-state index in [1.807, 2.05) is 6.92 Å². The molecule has 2 unspecified atom stereocenters. The molecule has 0 saturated carbocycles. The predicted molar refractivity (Wildman–Crippen MR) is 106 cm³/mol. The monoisotopic (exact) mass is 381 g/mol. The van der Waals surface area contributed by atoms with E-state index in [2.05, 4.69) is 41.3 Å². The molecule has 0 aromatic heterocycles. The number of terminal acetylenes is 1. The lowest BCUT2D eigenvalue weighted by atomic mass is 9.82. The third-order valence-corrected chi connectivity index (χ3v) is 5.86. The first-order valence-corrected chi connectivity index (χ1v) is 9.82. The maximum Gasteiger partial charge on any atom is 0.326 e. The maximum atomic E-state index is 12.8. The van der Waals surface area contributed by atoms with Gasteiger partial charge in [0.2, 0.25) is 5.91 Å². The number of likely N-dealkylation sites (tertiary alicyclic amines) is 1. The lowest BCUT2D eigenvalue weighted by Crippen LogP contribution is -2.49. The minimum absolute atomic E-state index is 0.135. The molecule has 0 spiro atoms. The van der Waals surface area contributed by atoms with E-state index in [-0.39, 0.29) is 18.2 Å². The van der Waals surface area contributed by atoms with Gasteiger partial charge in [-0.25, -0.2) is 4.79 Å². The summed E-state index contributed by atoms with van der Waals surface area (Å²) in [5.74, 6) is 1.65. The summed E-state index contributed by atoms with van der Waals surface area (Å²) >= 11 is 0. The molecule has 1 N–H and O–H groups in total. The van der Waals surface area contributed by atoms with Crippen LogP contribution in [0.25, 0.3) is 0 Å². The lowest BCUT2D eigenvalue weighted by Gasteiger charge is -2.38.